The van der Waals surface area contributed by atoms with Crippen molar-refractivity contribution in [2.75, 3.05) is 0 Å². The van der Waals surface area contributed by atoms with Gasteiger partial charge in [0.25, 0.3) is 0 Å². The van der Waals surface area contributed by atoms with Crippen LogP contribution >= 0.6 is 0 Å². The zero-order chi connectivity index (χ0) is 22.0. The monoisotopic (exact) mass is 398 g/mol. The summed E-state index contributed by atoms with van der Waals surface area (Å²) in [5.41, 5.74) is 5.06. The molecule has 0 aliphatic rings. The predicted molar refractivity (Wildman–Crippen MR) is 117 cm³/mol. The summed E-state index contributed by atoms with van der Waals surface area (Å²) in [6, 6.07) is 17.9. The molecule has 150 valence electrons. The fourth-order valence-corrected chi connectivity index (χ4v) is 3.28. The molecule has 0 spiro atoms. The van der Waals surface area contributed by atoms with Crippen molar-refractivity contribution in [1.82, 2.24) is 0 Å². The Hall–Kier alpha value is -3.66. The molecular weight excluding hydrogens is 376 g/mol. The van der Waals surface area contributed by atoms with Crippen LogP contribution in [0.5, 0.6) is 0 Å². The first-order valence-electron chi connectivity index (χ1n) is 9.60. The van der Waals surface area contributed by atoms with E-state index in [0.717, 1.165) is 22.3 Å². The smallest absolute Gasteiger partial charge is 0.159 e. The van der Waals surface area contributed by atoms with Crippen LogP contribution in [-0.4, -0.2) is 23.1 Å². The molecule has 30 heavy (non-hydrogen) atoms. The van der Waals surface area contributed by atoms with Crippen molar-refractivity contribution >= 4 is 23.1 Å². The molecule has 0 aromatic heterocycles. The van der Waals surface area contributed by atoms with E-state index < -0.39 is 0 Å². The molecule has 0 N–H and O–H groups in total. The minimum atomic E-state index is -0.115. The second-order valence-corrected chi connectivity index (χ2v) is 7.40. The maximum atomic E-state index is 11.9. The van der Waals surface area contributed by atoms with Gasteiger partial charge in [-0.1, -0.05) is 18.2 Å². The van der Waals surface area contributed by atoms with Gasteiger partial charge >= 0.3 is 0 Å². The van der Waals surface area contributed by atoms with Crippen LogP contribution in [0.1, 0.15) is 69.1 Å². The van der Waals surface area contributed by atoms with E-state index in [1.54, 1.807) is 36.4 Å². The Bertz CT molecular complexity index is 1050. The Morgan fingerprint density at radius 2 is 0.733 bits per heavy atom. The van der Waals surface area contributed by atoms with Crippen molar-refractivity contribution in [2.24, 2.45) is 0 Å². The predicted octanol–water partition coefficient (Wildman–Crippen LogP) is 5.83. The van der Waals surface area contributed by atoms with E-state index in [4.69, 9.17) is 0 Å². The zero-order valence-corrected chi connectivity index (χ0v) is 17.4. The van der Waals surface area contributed by atoms with Crippen molar-refractivity contribution in [3.05, 3.63) is 82.9 Å². The van der Waals surface area contributed by atoms with Crippen LogP contribution in [0.2, 0.25) is 0 Å². The second kappa shape index (κ2) is 8.37. The average molecular weight is 398 g/mol. The molecule has 4 nitrogen and oxygen atoms in total. The van der Waals surface area contributed by atoms with Crippen LogP contribution in [0.3, 0.4) is 0 Å². The number of carbonyl (C=O) groups is 4. The Morgan fingerprint density at radius 1 is 0.433 bits per heavy atom. The molecule has 3 aromatic rings. The molecule has 0 bridgehead atoms. The highest BCUT2D eigenvalue weighted by Crippen LogP contribution is 2.29. The van der Waals surface area contributed by atoms with Crippen molar-refractivity contribution < 1.29 is 19.2 Å². The molecule has 3 rings (SSSR count). The first-order chi connectivity index (χ1) is 14.2. The third-order valence-electron chi connectivity index (χ3n) is 5.02. The topological polar surface area (TPSA) is 68.3 Å². The molecule has 0 amide bonds. The Morgan fingerprint density at radius 3 is 1.00 bits per heavy atom. The molecular formula is C26H22O4. The van der Waals surface area contributed by atoms with E-state index in [1.165, 1.54) is 27.7 Å². The molecule has 0 unspecified atom stereocenters. The lowest BCUT2D eigenvalue weighted by atomic mass is 9.93. The molecule has 0 fully saturated rings. The van der Waals surface area contributed by atoms with Crippen molar-refractivity contribution in [1.29, 1.82) is 0 Å². The highest BCUT2D eigenvalue weighted by Gasteiger charge is 2.12. The molecule has 0 atom stereocenters. The van der Waals surface area contributed by atoms with Gasteiger partial charge in [0.15, 0.2) is 23.1 Å². The summed E-state index contributed by atoms with van der Waals surface area (Å²) in [7, 11) is 0. The minimum Gasteiger partial charge on any atom is -0.295 e. The summed E-state index contributed by atoms with van der Waals surface area (Å²) < 4.78 is 0. The first kappa shape index (κ1) is 21.1. The lowest BCUT2D eigenvalue weighted by Gasteiger charge is -2.11. The molecule has 0 aliphatic carbocycles. The molecule has 0 radical (unpaired) electrons. The third-order valence-corrected chi connectivity index (χ3v) is 5.02. The molecule has 3 aromatic carbocycles. The second-order valence-electron chi connectivity index (χ2n) is 7.40. The number of hydrogen-bond acceptors (Lipinski definition) is 4. The number of benzene rings is 3. The van der Waals surface area contributed by atoms with Crippen molar-refractivity contribution in [3.63, 3.8) is 0 Å². The van der Waals surface area contributed by atoms with E-state index in [9.17, 15) is 19.2 Å². The zero-order valence-electron chi connectivity index (χ0n) is 17.4. The maximum Gasteiger partial charge on any atom is 0.159 e. The van der Waals surface area contributed by atoms with E-state index in [0.29, 0.717) is 22.3 Å². The maximum absolute atomic E-state index is 11.9. The minimum absolute atomic E-state index is 0.115. The van der Waals surface area contributed by atoms with Gasteiger partial charge in [0.05, 0.1) is 0 Å². The summed E-state index contributed by atoms with van der Waals surface area (Å²) in [4.78, 5) is 47.7. The van der Waals surface area contributed by atoms with E-state index >= 15 is 0 Å². The van der Waals surface area contributed by atoms with Gasteiger partial charge in [0.1, 0.15) is 0 Å². The van der Waals surface area contributed by atoms with Crippen LogP contribution in [0.25, 0.3) is 22.3 Å². The van der Waals surface area contributed by atoms with Gasteiger partial charge in [-0.3, -0.25) is 19.2 Å². The summed E-state index contributed by atoms with van der Waals surface area (Å²) >= 11 is 0. The van der Waals surface area contributed by atoms with E-state index in [-0.39, 0.29) is 23.1 Å². The van der Waals surface area contributed by atoms with Gasteiger partial charge in [-0.2, -0.15) is 0 Å². The SMILES string of the molecule is CC(=O)c1cc(C(C)=O)cc(-c2cccc(-c3cc(C(C)=O)cc(C(C)=O)c3)c2)c1. The summed E-state index contributed by atoms with van der Waals surface area (Å²) in [6.07, 6.45) is 0. The van der Waals surface area contributed by atoms with Crippen LogP contribution in [-0.2, 0) is 0 Å². The van der Waals surface area contributed by atoms with Gasteiger partial charge in [0, 0.05) is 22.3 Å². The Balaban J connectivity index is 2.17. The van der Waals surface area contributed by atoms with Gasteiger partial charge in [-0.15, -0.1) is 0 Å². The quantitative estimate of drug-likeness (QED) is 0.490. The fourth-order valence-electron chi connectivity index (χ4n) is 3.28. The number of hydrogen-bond donors (Lipinski definition) is 0. The number of Topliss-reactive ketones (excluding diaryl/α,β-unsaturated/α-hetero) is 4. The van der Waals surface area contributed by atoms with E-state index in [1.807, 2.05) is 24.3 Å². The first-order valence-corrected chi connectivity index (χ1v) is 9.60. The van der Waals surface area contributed by atoms with Crippen LogP contribution in [0.15, 0.2) is 60.7 Å². The highest BCUT2D eigenvalue weighted by atomic mass is 16.1. The van der Waals surface area contributed by atoms with Gasteiger partial charge in [0.2, 0.25) is 0 Å². The van der Waals surface area contributed by atoms with Gasteiger partial charge in [-0.25, -0.2) is 0 Å². The lowest BCUT2D eigenvalue weighted by molar-refractivity contribution is 0.0998. The molecule has 0 saturated heterocycles. The highest BCUT2D eigenvalue weighted by molar-refractivity contribution is 6.02. The number of carbonyl (C=O) groups excluding carboxylic acids is 4. The van der Waals surface area contributed by atoms with Crippen LogP contribution < -0.4 is 0 Å². The normalized spacial score (nSPS) is 10.5. The summed E-state index contributed by atoms with van der Waals surface area (Å²) in [5.74, 6) is -0.460. The number of ketones is 4. The Labute approximate surface area is 175 Å². The largest absolute Gasteiger partial charge is 0.295 e. The molecule has 0 aliphatic heterocycles. The summed E-state index contributed by atoms with van der Waals surface area (Å²) in [5, 5.41) is 0. The molecule has 0 saturated carbocycles. The summed E-state index contributed by atoms with van der Waals surface area (Å²) in [6.45, 7) is 5.87. The van der Waals surface area contributed by atoms with Crippen LogP contribution in [0.4, 0.5) is 0 Å². The van der Waals surface area contributed by atoms with Gasteiger partial charge < -0.3 is 0 Å². The number of rotatable bonds is 6. The third kappa shape index (κ3) is 4.49. The van der Waals surface area contributed by atoms with Gasteiger partial charge in [-0.05, 0) is 92.4 Å². The van der Waals surface area contributed by atoms with Crippen LogP contribution in [0, 0.1) is 0 Å². The average Bonchev–Trinajstić information content (AvgIpc) is 2.73. The van der Waals surface area contributed by atoms with Crippen molar-refractivity contribution in [3.8, 4) is 22.3 Å². The standard InChI is InChI=1S/C26H22O4/c1-15(27)21-9-22(16(2)28)12-25(11-21)19-6-5-7-20(8-19)26-13-23(17(3)29)10-24(14-26)18(4)30/h5-14H,1-4H3. The molecule has 4 heteroatoms. The van der Waals surface area contributed by atoms with Crippen molar-refractivity contribution in [2.45, 2.75) is 27.7 Å². The van der Waals surface area contributed by atoms with E-state index in [2.05, 4.69) is 0 Å². The fraction of sp³-hybridized carbons (Fsp3) is 0.154. The molecule has 0 heterocycles. The Kier molecular flexibility index (Phi) is 5.88. The lowest BCUT2D eigenvalue weighted by Crippen LogP contribution is -2.00.